The second kappa shape index (κ2) is 6.94. The van der Waals surface area contributed by atoms with Crippen molar-refractivity contribution in [1.82, 2.24) is 9.80 Å². The number of hydrogen-bond donors (Lipinski definition) is 0. The minimum Gasteiger partial charge on any atom is -0.373 e. The molecule has 2 saturated heterocycles. The third-order valence-electron chi connectivity index (χ3n) is 5.02. The van der Waals surface area contributed by atoms with Crippen molar-refractivity contribution >= 4 is 5.91 Å². The van der Waals surface area contributed by atoms with Gasteiger partial charge in [0.05, 0.1) is 18.8 Å². The number of carbonyl (C=O) groups is 1. The summed E-state index contributed by atoms with van der Waals surface area (Å²) in [6.45, 7) is 3.66. The van der Waals surface area contributed by atoms with Crippen LogP contribution in [0.15, 0.2) is 54.6 Å². The average molecular weight is 340 g/mol. The van der Waals surface area contributed by atoms with Gasteiger partial charge in [0.2, 0.25) is 0 Å². The van der Waals surface area contributed by atoms with E-state index in [0.717, 1.165) is 13.1 Å². The Morgan fingerprint density at radius 1 is 1.08 bits per heavy atom. The smallest absolute Gasteiger partial charge is 0.254 e. The first kappa shape index (κ1) is 16.2. The van der Waals surface area contributed by atoms with Crippen LogP contribution in [0.1, 0.15) is 15.9 Å². The van der Waals surface area contributed by atoms with E-state index in [1.54, 1.807) is 12.1 Å². The third-order valence-corrected chi connectivity index (χ3v) is 5.02. The number of halogens is 1. The summed E-state index contributed by atoms with van der Waals surface area (Å²) in [4.78, 5) is 16.9. The Balaban J connectivity index is 1.47. The fourth-order valence-corrected chi connectivity index (χ4v) is 3.71. The lowest BCUT2D eigenvalue weighted by molar-refractivity contribution is -0.0503. The van der Waals surface area contributed by atoms with E-state index in [-0.39, 0.29) is 23.9 Å². The van der Waals surface area contributed by atoms with Gasteiger partial charge in [-0.15, -0.1) is 0 Å². The largest absolute Gasteiger partial charge is 0.373 e. The number of amides is 1. The lowest BCUT2D eigenvalue weighted by atomic mass is 10.1. The van der Waals surface area contributed by atoms with Gasteiger partial charge in [0.1, 0.15) is 5.82 Å². The normalized spacial score (nSPS) is 23.5. The number of benzene rings is 2. The van der Waals surface area contributed by atoms with Crippen LogP contribution in [-0.4, -0.2) is 54.1 Å². The molecule has 130 valence electrons. The van der Waals surface area contributed by atoms with Crippen LogP contribution in [0.4, 0.5) is 4.39 Å². The van der Waals surface area contributed by atoms with Crippen LogP contribution >= 0.6 is 0 Å². The van der Waals surface area contributed by atoms with Gasteiger partial charge in [-0.05, 0) is 29.8 Å². The molecule has 2 atom stereocenters. The topological polar surface area (TPSA) is 32.8 Å². The molecule has 0 unspecified atom stereocenters. The van der Waals surface area contributed by atoms with Gasteiger partial charge in [0.15, 0.2) is 0 Å². The van der Waals surface area contributed by atoms with Crippen molar-refractivity contribution in [2.75, 3.05) is 26.2 Å². The lowest BCUT2D eigenvalue weighted by Crippen LogP contribution is -2.50. The zero-order chi connectivity index (χ0) is 17.2. The number of hydrogen-bond acceptors (Lipinski definition) is 3. The summed E-state index contributed by atoms with van der Waals surface area (Å²) < 4.78 is 19.0. The average Bonchev–Trinajstić information content (AvgIpc) is 3.08. The maximum atomic E-state index is 13.1. The van der Waals surface area contributed by atoms with E-state index in [1.165, 1.54) is 17.7 Å². The number of likely N-dealkylation sites (tertiary alicyclic amines) is 1. The molecule has 0 aliphatic carbocycles. The summed E-state index contributed by atoms with van der Waals surface area (Å²) in [5.74, 6) is -0.387. The molecule has 4 rings (SSSR count). The van der Waals surface area contributed by atoms with E-state index >= 15 is 0 Å². The molecule has 5 heteroatoms. The molecule has 2 fully saturated rings. The van der Waals surface area contributed by atoms with Crippen molar-refractivity contribution in [3.63, 3.8) is 0 Å². The zero-order valence-corrected chi connectivity index (χ0v) is 14.0. The van der Waals surface area contributed by atoms with E-state index in [9.17, 15) is 9.18 Å². The quantitative estimate of drug-likeness (QED) is 0.861. The minimum absolute atomic E-state index is 0.0434. The van der Waals surface area contributed by atoms with Gasteiger partial charge in [0, 0.05) is 31.7 Å². The fraction of sp³-hybridized carbons (Fsp3) is 0.350. The molecule has 4 nitrogen and oxygen atoms in total. The highest BCUT2D eigenvalue weighted by Crippen LogP contribution is 2.25. The SMILES string of the molecule is O=C(c1ccc(F)cc1)N1C[C@H]2OCCN(Cc3ccccc3)[C@H]2C1. The number of rotatable bonds is 3. The highest BCUT2D eigenvalue weighted by molar-refractivity contribution is 5.94. The molecule has 0 aromatic heterocycles. The van der Waals surface area contributed by atoms with E-state index in [4.69, 9.17) is 4.74 Å². The molecule has 2 aliphatic heterocycles. The maximum Gasteiger partial charge on any atom is 0.254 e. The molecule has 25 heavy (non-hydrogen) atoms. The van der Waals surface area contributed by atoms with Crippen molar-refractivity contribution in [3.05, 3.63) is 71.5 Å². The molecule has 2 heterocycles. The summed E-state index contributed by atoms with van der Waals surface area (Å²) in [5.41, 5.74) is 1.79. The van der Waals surface area contributed by atoms with Crippen molar-refractivity contribution in [1.29, 1.82) is 0 Å². The van der Waals surface area contributed by atoms with Crippen LogP contribution in [0.3, 0.4) is 0 Å². The molecule has 1 amide bonds. The van der Waals surface area contributed by atoms with E-state index in [0.29, 0.717) is 25.3 Å². The van der Waals surface area contributed by atoms with Gasteiger partial charge in [-0.2, -0.15) is 0 Å². The number of nitrogens with zero attached hydrogens (tertiary/aromatic N) is 2. The van der Waals surface area contributed by atoms with Crippen LogP contribution in [0.2, 0.25) is 0 Å². The van der Waals surface area contributed by atoms with E-state index < -0.39 is 0 Å². The summed E-state index contributed by atoms with van der Waals surface area (Å²) in [5, 5.41) is 0. The second-order valence-corrected chi connectivity index (χ2v) is 6.65. The predicted octanol–water partition coefficient (Wildman–Crippen LogP) is 2.55. The summed E-state index contributed by atoms with van der Waals surface area (Å²) >= 11 is 0. The van der Waals surface area contributed by atoms with Crippen molar-refractivity contribution in [2.24, 2.45) is 0 Å². The third kappa shape index (κ3) is 3.43. The summed E-state index contributed by atoms with van der Waals surface area (Å²) in [6, 6.07) is 16.3. The summed E-state index contributed by atoms with van der Waals surface area (Å²) in [6.07, 6.45) is 0.0434. The fourth-order valence-electron chi connectivity index (χ4n) is 3.71. The highest BCUT2D eigenvalue weighted by atomic mass is 19.1. The predicted molar refractivity (Wildman–Crippen MR) is 92.7 cm³/mol. The first-order valence-electron chi connectivity index (χ1n) is 8.65. The van der Waals surface area contributed by atoms with Crippen LogP contribution in [-0.2, 0) is 11.3 Å². The first-order valence-corrected chi connectivity index (χ1v) is 8.65. The zero-order valence-electron chi connectivity index (χ0n) is 14.0. The summed E-state index contributed by atoms with van der Waals surface area (Å²) in [7, 11) is 0. The number of carbonyl (C=O) groups excluding carboxylic acids is 1. The van der Waals surface area contributed by atoms with Crippen molar-refractivity contribution in [3.8, 4) is 0 Å². The molecule has 0 saturated carbocycles. The van der Waals surface area contributed by atoms with Gasteiger partial charge in [0.25, 0.3) is 5.91 Å². The van der Waals surface area contributed by atoms with Gasteiger partial charge < -0.3 is 9.64 Å². The van der Waals surface area contributed by atoms with Gasteiger partial charge in [-0.1, -0.05) is 30.3 Å². The Kier molecular flexibility index (Phi) is 4.51. The molecule has 2 aromatic rings. The molecular weight excluding hydrogens is 319 g/mol. The van der Waals surface area contributed by atoms with Crippen molar-refractivity contribution < 1.29 is 13.9 Å². The van der Waals surface area contributed by atoms with Crippen molar-refractivity contribution in [2.45, 2.75) is 18.7 Å². The molecule has 0 N–H and O–H groups in total. The van der Waals surface area contributed by atoms with Crippen LogP contribution < -0.4 is 0 Å². The minimum atomic E-state index is -0.330. The number of ether oxygens (including phenoxy) is 1. The van der Waals surface area contributed by atoms with Gasteiger partial charge in [-0.3, -0.25) is 9.69 Å². The molecular formula is C20H21FN2O2. The maximum absolute atomic E-state index is 13.1. The Bertz CT molecular complexity index is 735. The Morgan fingerprint density at radius 3 is 2.60 bits per heavy atom. The standard InChI is InChI=1S/C20H21FN2O2/c21-17-8-6-16(7-9-17)20(24)23-13-18-19(14-23)25-11-10-22(18)12-15-4-2-1-3-5-15/h1-9,18-19H,10-14H2/t18-,19+/m0/s1. The van der Waals surface area contributed by atoms with Gasteiger partial charge >= 0.3 is 0 Å². The van der Waals surface area contributed by atoms with Crippen LogP contribution in [0.5, 0.6) is 0 Å². The van der Waals surface area contributed by atoms with Crippen LogP contribution in [0, 0.1) is 5.82 Å². The monoisotopic (exact) mass is 340 g/mol. The molecule has 0 bridgehead atoms. The van der Waals surface area contributed by atoms with Crippen LogP contribution in [0.25, 0.3) is 0 Å². The highest BCUT2D eigenvalue weighted by Gasteiger charge is 2.41. The Labute approximate surface area is 146 Å². The number of fused-ring (bicyclic) bond motifs is 1. The second-order valence-electron chi connectivity index (χ2n) is 6.65. The molecule has 2 aromatic carbocycles. The first-order chi connectivity index (χ1) is 12.2. The molecule has 0 spiro atoms. The molecule has 2 aliphatic rings. The van der Waals surface area contributed by atoms with E-state index in [2.05, 4.69) is 17.0 Å². The Hall–Kier alpha value is -2.24. The number of morpholine rings is 1. The molecule has 0 radical (unpaired) electrons. The van der Waals surface area contributed by atoms with Gasteiger partial charge in [-0.25, -0.2) is 4.39 Å². The lowest BCUT2D eigenvalue weighted by Gasteiger charge is -2.36. The van der Waals surface area contributed by atoms with E-state index in [1.807, 2.05) is 23.1 Å². The Morgan fingerprint density at radius 2 is 1.84 bits per heavy atom.